The van der Waals surface area contributed by atoms with Crippen molar-refractivity contribution >= 4 is 27.2 Å². The molecule has 2 aromatic rings. The molecule has 0 aliphatic carbocycles. The lowest BCUT2D eigenvalue weighted by atomic mass is 9.97. The zero-order valence-corrected chi connectivity index (χ0v) is 10.6. The first-order valence-electron chi connectivity index (χ1n) is 6.15. The lowest BCUT2D eigenvalue weighted by Crippen LogP contribution is -2.36. The molecule has 0 amide bonds. The highest BCUT2D eigenvalue weighted by Crippen LogP contribution is 2.32. The molecule has 1 aromatic heterocycles. The van der Waals surface area contributed by atoms with E-state index in [2.05, 4.69) is 28.1 Å². The Hall–Kier alpha value is -1.13. The zero-order valence-electron chi connectivity index (χ0n) is 9.80. The van der Waals surface area contributed by atoms with Crippen LogP contribution in [0.25, 0.3) is 10.2 Å². The summed E-state index contributed by atoms with van der Waals surface area (Å²) in [5.41, 5.74) is 10.1. The van der Waals surface area contributed by atoms with E-state index >= 15 is 0 Å². The molecule has 1 aliphatic heterocycles. The van der Waals surface area contributed by atoms with Crippen molar-refractivity contribution in [1.82, 2.24) is 4.98 Å². The van der Waals surface area contributed by atoms with Crippen LogP contribution in [0, 0.1) is 5.92 Å². The van der Waals surface area contributed by atoms with Crippen molar-refractivity contribution in [3.63, 3.8) is 0 Å². The third kappa shape index (κ3) is 2.03. The molecule has 1 fully saturated rings. The number of fused-ring (bicyclic) bond motifs is 1. The maximum Gasteiger partial charge on any atom is 0.0833 e. The van der Waals surface area contributed by atoms with Gasteiger partial charge < -0.3 is 10.6 Å². The van der Waals surface area contributed by atoms with Crippen molar-refractivity contribution in [2.45, 2.75) is 12.8 Å². The fourth-order valence-electron chi connectivity index (χ4n) is 2.53. The summed E-state index contributed by atoms with van der Waals surface area (Å²) in [6.07, 6.45) is 2.43. The highest BCUT2D eigenvalue weighted by atomic mass is 32.1. The van der Waals surface area contributed by atoms with Gasteiger partial charge in [0.1, 0.15) is 0 Å². The maximum absolute atomic E-state index is 5.73. The second kappa shape index (κ2) is 4.63. The highest BCUT2D eigenvalue weighted by Gasteiger charge is 2.19. The van der Waals surface area contributed by atoms with Gasteiger partial charge in [-0.25, -0.2) is 4.98 Å². The van der Waals surface area contributed by atoms with Gasteiger partial charge in [-0.2, -0.15) is 0 Å². The number of hydrogen-bond donors (Lipinski definition) is 1. The average Bonchev–Trinajstić information content (AvgIpc) is 2.87. The molecule has 1 aromatic carbocycles. The van der Waals surface area contributed by atoms with Crippen molar-refractivity contribution < 1.29 is 0 Å². The van der Waals surface area contributed by atoms with Gasteiger partial charge in [-0.15, -0.1) is 11.3 Å². The van der Waals surface area contributed by atoms with Crippen LogP contribution in [-0.4, -0.2) is 24.6 Å². The number of rotatable bonds is 2. The third-order valence-corrected chi connectivity index (χ3v) is 4.49. The Kier molecular flexibility index (Phi) is 2.99. The first-order valence-corrected chi connectivity index (χ1v) is 7.03. The number of hydrogen-bond acceptors (Lipinski definition) is 4. The molecular formula is C13H17N3S. The van der Waals surface area contributed by atoms with Crippen LogP contribution < -0.4 is 10.6 Å². The van der Waals surface area contributed by atoms with E-state index in [-0.39, 0.29) is 0 Å². The van der Waals surface area contributed by atoms with Crippen LogP contribution in [0.15, 0.2) is 23.7 Å². The molecule has 4 heteroatoms. The van der Waals surface area contributed by atoms with Gasteiger partial charge in [-0.3, -0.25) is 0 Å². The van der Waals surface area contributed by atoms with Gasteiger partial charge in [0, 0.05) is 13.1 Å². The first-order chi connectivity index (χ1) is 8.38. The Morgan fingerprint density at radius 2 is 2.18 bits per heavy atom. The van der Waals surface area contributed by atoms with Crippen molar-refractivity contribution in [2.24, 2.45) is 11.7 Å². The van der Waals surface area contributed by atoms with Gasteiger partial charge in [0.15, 0.2) is 0 Å². The maximum atomic E-state index is 5.73. The minimum absolute atomic E-state index is 0.715. The molecule has 0 atom stereocenters. The molecule has 1 saturated heterocycles. The number of thiazole rings is 1. The molecule has 1 aliphatic rings. The highest BCUT2D eigenvalue weighted by molar-refractivity contribution is 7.17. The van der Waals surface area contributed by atoms with Gasteiger partial charge in [0.05, 0.1) is 21.4 Å². The predicted molar refractivity (Wildman–Crippen MR) is 73.6 cm³/mol. The van der Waals surface area contributed by atoms with Gasteiger partial charge in [-0.1, -0.05) is 6.07 Å². The molecule has 17 heavy (non-hydrogen) atoms. The minimum atomic E-state index is 0.715. The summed E-state index contributed by atoms with van der Waals surface area (Å²) in [5, 5.41) is 0. The number of benzene rings is 1. The molecule has 3 rings (SSSR count). The zero-order chi connectivity index (χ0) is 11.7. The van der Waals surface area contributed by atoms with E-state index in [1.54, 1.807) is 11.3 Å². The topological polar surface area (TPSA) is 42.1 Å². The Morgan fingerprint density at radius 3 is 2.94 bits per heavy atom. The number of anilines is 1. The molecule has 2 N–H and O–H groups in total. The van der Waals surface area contributed by atoms with Crippen LogP contribution in [0.1, 0.15) is 12.8 Å². The monoisotopic (exact) mass is 247 g/mol. The lowest BCUT2D eigenvalue weighted by molar-refractivity contribution is 0.415. The Labute approximate surface area is 105 Å². The molecule has 2 heterocycles. The van der Waals surface area contributed by atoms with Crippen LogP contribution in [0.4, 0.5) is 5.69 Å². The van der Waals surface area contributed by atoms with Gasteiger partial charge in [0.25, 0.3) is 0 Å². The summed E-state index contributed by atoms with van der Waals surface area (Å²) < 4.78 is 1.32. The summed E-state index contributed by atoms with van der Waals surface area (Å²) in [5.74, 6) is 0.715. The van der Waals surface area contributed by atoms with E-state index in [1.807, 2.05) is 5.51 Å². The first kappa shape index (κ1) is 11.0. The van der Waals surface area contributed by atoms with Crippen LogP contribution in [0.5, 0.6) is 0 Å². The molecule has 90 valence electrons. The summed E-state index contributed by atoms with van der Waals surface area (Å²) in [4.78, 5) is 6.86. The minimum Gasteiger partial charge on any atom is -0.370 e. The van der Waals surface area contributed by atoms with Crippen molar-refractivity contribution in [1.29, 1.82) is 0 Å². The molecule has 3 nitrogen and oxygen atoms in total. The van der Waals surface area contributed by atoms with E-state index in [1.165, 1.54) is 23.2 Å². The van der Waals surface area contributed by atoms with Crippen molar-refractivity contribution in [3.05, 3.63) is 23.7 Å². The number of piperidine rings is 1. The number of aromatic nitrogens is 1. The van der Waals surface area contributed by atoms with Gasteiger partial charge in [0.2, 0.25) is 0 Å². The predicted octanol–water partition coefficient (Wildman–Crippen LogP) is 2.47. The Balaban J connectivity index is 1.87. The van der Waals surface area contributed by atoms with E-state index in [0.29, 0.717) is 5.92 Å². The second-order valence-electron chi connectivity index (χ2n) is 4.64. The number of nitrogens with zero attached hydrogens (tertiary/aromatic N) is 2. The lowest BCUT2D eigenvalue weighted by Gasteiger charge is -2.33. The smallest absolute Gasteiger partial charge is 0.0833 e. The number of nitrogens with two attached hydrogens (primary N) is 1. The third-order valence-electron chi connectivity index (χ3n) is 3.62. The second-order valence-corrected chi connectivity index (χ2v) is 5.50. The molecule has 0 radical (unpaired) electrons. The van der Waals surface area contributed by atoms with Gasteiger partial charge in [-0.05, 0) is 37.4 Å². The molecular weight excluding hydrogens is 230 g/mol. The quantitative estimate of drug-likeness (QED) is 0.886. The fraction of sp³-hybridized carbons (Fsp3) is 0.462. The summed E-state index contributed by atoms with van der Waals surface area (Å²) >= 11 is 1.74. The Bertz CT molecular complexity index is 500. The van der Waals surface area contributed by atoms with Gasteiger partial charge >= 0.3 is 0 Å². The van der Waals surface area contributed by atoms with E-state index in [4.69, 9.17) is 5.73 Å². The summed E-state index contributed by atoms with van der Waals surface area (Å²) in [7, 11) is 0. The van der Waals surface area contributed by atoms with E-state index < -0.39 is 0 Å². The van der Waals surface area contributed by atoms with E-state index in [9.17, 15) is 0 Å². The van der Waals surface area contributed by atoms with Crippen LogP contribution in [-0.2, 0) is 0 Å². The molecule has 0 unspecified atom stereocenters. The normalized spacial score (nSPS) is 17.8. The molecule has 0 saturated carbocycles. The van der Waals surface area contributed by atoms with Crippen LogP contribution in [0.3, 0.4) is 0 Å². The molecule has 0 spiro atoms. The average molecular weight is 247 g/mol. The van der Waals surface area contributed by atoms with Crippen molar-refractivity contribution in [3.8, 4) is 0 Å². The van der Waals surface area contributed by atoms with E-state index in [0.717, 1.165) is 25.2 Å². The van der Waals surface area contributed by atoms with Crippen LogP contribution in [0.2, 0.25) is 0 Å². The standard InChI is InChI=1S/C13H17N3S/c14-8-10-4-6-16(7-5-10)12-3-1-2-11-13(12)17-9-15-11/h1-3,9-10H,4-8,14H2. The fourth-order valence-corrected chi connectivity index (χ4v) is 3.36. The largest absolute Gasteiger partial charge is 0.370 e. The van der Waals surface area contributed by atoms with Crippen molar-refractivity contribution in [2.75, 3.05) is 24.5 Å². The summed E-state index contributed by atoms with van der Waals surface area (Å²) in [6, 6.07) is 6.40. The summed E-state index contributed by atoms with van der Waals surface area (Å²) in [6.45, 7) is 3.08. The Morgan fingerprint density at radius 1 is 1.35 bits per heavy atom. The molecule has 0 bridgehead atoms. The van der Waals surface area contributed by atoms with Crippen LogP contribution >= 0.6 is 11.3 Å². The SMILES string of the molecule is NCC1CCN(c2cccc3ncsc23)CC1.